The lowest BCUT2D eigenvalue weighted by Crippen LogP contribution is -2.15. The van der Waals surface area contributed by atoms with Gasteiger partial charge in [-0.2, -0.15) is 0 Å². The van der Waals surface area contributed by atoms with Crippen molar-refractivity contribution in [3.63, 3.8) is 0 Å². The molecule has 0 unspecified atom stereocenters. The summed E-state index contributed by atoms with van der Waals surface area (Å²) in [6.07, 6.45) is 8.55. The molecule has 5 rings (SSSR count). The zero-order valence-electron chi connectivity index (χ0n) is 17.4. The number of nitrogens with zero attached hydrogens (tertiary/aromatic N) is 3. The van der Waals surface area contributed by atoms with Gasteiger partial charge in [-0.25, -0.2) is 9.97 Å². The van der Waals surface area contributed by atoms with Gasteiger partial charge in [0.1, 0.15) is 11.6 Å². The summed E-state index contributed by atoms with van der Waals surface area (Å²) in [6, 6.07) is 20.9. The summed E-state index contributed by atoms with van der Waals surface area (Å²) in [4.78, 5) is 9.69. The Bertz CT molecular complexity index is 1140. The van der Waals surface area contributed by atoms with Gasteiger partial charge >= 0.3 is 0 Å². The van der Waals surface area contributed by atoms with Crippen LogP contribution < -0.4 is 4.74 Å². The van der Waals surface area contributed by atoms with Crippen LogP contribution in [0.3, 0.4) is 0 Å². The molecule has 0 bridgehead atoms. The molecule has 2 heterocycles. The molecular weight excluding hydrogens is 370 g/mol. The number of hydrogen-bond acceptors (Lipinski definition) is 3. The lowest BCUT2D eigenvalue weighted by Gasteiger charge is -2.23. The molecule has 4 aromatic rings. The predicted molar refractivity (Wildman–Crippen MR) is 122 cm³/mol. The van der Waals surface area contributed by atoms with Crippen molar-refractivity contribution in [1.29, 1.82) is 0 Å². The summed E-state index contributed by atoms with van der Waals surface area (Å²) in [5, 5.41) is 0. The number of pyridine rings is 1. The van der Waals surface area contributed by atoms with E-state index in [2.05, 4.69) is 47.0 Å². The Hall–Kier alpha value is -3.14. The lowest BCUT2D eigenvalue weighted by molar-refractivity contribution is 0.323. The third-order valence-electron chi connectivity index (χ3n) is 6.21. The number of rotatable bonds is 5. The van der Waals surface area contributed by atoms with Crippen LogP contribution in [-0.4, -0.2) is 21.6 Å². The Morgan fingerprint density at radius 1 is 0.900 bits per heavy atom. The molecule has 0 amide bonds. The van der Waals surface area contributed by atoms with Crippen molar-refractivity contribution in [2.45, 2.75) is 38.6 Å². The van der Waals surface area contributed by atoms with E-state index in [9.17, 15) is 0 Å². The number of benzene rings is 2. The molecule has 1 saturated carbocycles. The van der Waals surface area contributed by atoms with Gasteiger partial charge in [-0.05, 0) is 42.5 Å². The van der Waals surface area contributed by atoms with E-state index in [1.54, 1.807) is 7.11 Å². The lowest BCUT2D eigenvalue weighted by atomic mass is 9.89. The summed E-state index contributed by atoms with van der Waals surface area (Å²) in [5.74, 6) is 2.52. The first-order valence-electron chi connectivity index (χ1n) is 10.9. The van der Waals surface area contributed by atoms with Crippen LogP contribution in [0.15, 0.2) is 66.9 Å². The smallest absolute Gasteiger partial charge is 0.178 e. The zero-order chi connectivity index (χ0) is 20.3. The molecule has 1 aliphatic carbocycles. The Balaban J connectivity index is 1.65. The van der Waals surface area contributed by atoms with E-state index in [-0.39, 0.29) is 0 Å². The first kappa shape index (κ1) is 18.9. The Kier molecular flexibility index (Phi) is 5.22. The van der Waals surface area contributed by atoms with Crippen molar-refractivity contribution in [3.05, 3.63) is 66.9 Å². The van der Waals surface area contributed by atoms with E-state index < -0.39 is 0 Å². The van der Waals surface area contributed by atoms with Gasteiger partial charge in [0.25, 0.3) is 0 Å². The number of hydrogen-bond donors (Lipinski definition) is 0. The topological polar surface area (TPSA) is 39.9 Å². The maximum Gasteiger partial charge on any atom is 0.178 e. The Morgan fingerprint density at radius 3 is 2.50 bits per heavy atom. The highest BCUT2D eigenvalue weighted by Crippen LogP contribution is 2.32. The van der Waals surface area contributed by atoms with Crippen LogP contribution in [0.2, 0.25) is 0 Å². The SMILES string of the molecule is COc1cccc(-c2nc3ncc(-c4ccccc4)cc3n2CC2CCCCC2)c1. The van der Waals surface area contributed by atoms with Crippen LogP contribution in [0, 0.1) is 5.92 Å². The van der Waals surface area contributed by atoms with Crippen molar-refractivity contribution in [2.75, 3.05) is 7.11 Å². The van der Waals surface area contributed by atoms with E-state index in [0.29, 0.717) is 5.92 Å². The van der Waals surface area contributed by atoms with E-state index in [1.807, 2.05) is 24.4 Å². The molecule has 0 aliphatic heterocycles. The van der Waals surface area contributed by atoms with Crippen molar-refractivity contribution < 1.29 is 4.74 Å². The van der Waals surface area contributed by atoms with Gasteiger partial charge in [-0.1, -0.05) is 61.7 Å². The summed E-state index contributed by atoms with van der Waals surface area (Å²) in [6.45, 7) is 0.989. The van der Waals surface area contributed by atoms with Crippen LogP contribution in [0.25, 0.3) is 33.7 Å². The van der Waals surface area contributed by atoms with Crippen LogP contribution in [0.1, 0.15) is 32.1 Å². The molecule has 0 spiro atoms. The fraction of sp³-hybridized carbons (Fsp3) is 0.308. The highest BCUT2D eigenvalue weighted by Gasteiger charge is 2.20. The second-order valence-corrected chi connectivity index (χ2v) is 8.21. The number of fused-ring (bicyclic) bond motifs is 1. The normalized spacial score (nSPS) is 14.8. The molecule has 4 heteroatoms. The fourth-order valence-corrected chi connectivity index (χ4v) is 4.59. The molecule has 4 nitrogen and oxygen atoms in total. The summed E-state index contributed by atoms with van der Waals surface area (Å²) < 4.78 is 7.85. The van der Waals surface area contributed by atoms with Crippen LogP contribution in [0.4, 0.5) is 0 Å². The molecule has 152 valence electrons. The quantitative estimate of drug-likeness (QED) is 0.394. The maximum absolute atomic E-state index is 5.46. The van der Waals surface area contributed by atoms with E-state index in [1.165, 1.54) is 37.7 Å². The number of imidazole rings is 1. The monoisotopic (exact) mass is 397 g/mol. The third kappa shape index (κ3) is 3.70. The van der Waals surface area contributed by atoms with Crippen LogP contribution in [0.5, 0.6) is 5.75 Å². The Labute approximate surface area is 177 Å². The van der Waals surface area contributed by atoms with Gasteiger partial charge in [0.05, 0.1) is 12.6 Å². The average Bonchev–Trinajstić information content (AvgIpc) is 3.18. The highest BCUT2D eigenvalue weighted by atomic mass is 16.5. The molecule has 1 aliphatic rings. The zero-order valence-corrected chi connectivity index (χ0v) is 17.4. The molecule has 2 aromatic carbocycles. The highest BCUT2D eigenvalue weighted by molar-refractivity contribution is 5.82. The fourth-order valence-electron chi connectivity index (χ4n) is 4.59. The van der Waals surface area contributed by atoms with E-state index in [4.69, 9.17) is 14.7 Å². The minimum atomic E-state index is 0.695. The molecular formula is C26H27N3O. The average molecular weight is 398 g/mol. The number of aromatic nitrogens is 3. The van der Waals surface area contributed by atoms with Gasteiger partial charge in [0.2, 0.25) is 0 Å². The first-order valence-corrected chi connectivity index (χ1v) is 10.9. The minimum absolute atomic E-state index is 0.695. The molecule has 0 radical (unpaired) electrons. The van der Waals surface area contributed by atoms with Gasteiger partial charge < -0.3 is 9.30 Å². The summed E-state index contributed by atoms with van der Waals surface area (Å²) >= 11 is 0. The standard InChI is InChI=1S/C26H27N3O/c1-30-23-14-8-13-21(15-23)26-28-25-24(29(26)18-19-9-4-2-5-10-19)16-22(17-27-25)20-11-6-3-7-12-20/h3,6-8,11-17,19H,2,4-5,9-10,18H2,1H3. The van der Waals surface area contributed by atoms with Gasteiger partial charge in [0.15, 0.2) is 5.65 Å². The molecule has 30 heavy (non-hydrogen) atoms. The van der Waals surface area contributed by atoms with Crippen molar-refractivity contribution in [1.82, 2.24) is 14.5 Å². The predicted octanol–water partition coefficient (Wildman–Crippen LogP) is 6.35. The van der Waals surface area contributed by atoms with E-state index >= 15 is 0 Å². The largest absolute Gasteiger partial charge is 0.497 e. The van der Waals surface area contributed by atoms with Crippen molar-refractivity contribution in [2.24, 2.45) is 5.92 Å². The second kappa shape index (κ2) is 8.31. The Morgan fingerprint density at radius 2 is 1.70 bits per heavy atom. The molecule has 1 fully saturated rings. The third-order valence-corrected chi connectivity index (χ3v) is 6.21. The van der Waals surface area contributed by atoms with Crippen molar-refractivity contribution >= 4 is 11.2 Å². The van der Waals surface area contributed by atoms with Crippen molar-refractivity contribution in [3.8, 4) is 28.3 Å². The van der Waals surface area contributed by atoms with Gasteiger partial charge in [-0.15, -0.1) is 0 Å². The van der Waals surface area contributed by atoms with Gasteiger partial charge in [-0.3, -0.25) is 0 Å². The number of ether oxygens (including phenoxy) is 1. The molecule has 2 aromatic heterocycles. The van der Waals surface area contributed by atoms with Crippen LogP contribution >= 0.6 is 0 Å². The second-order valence-electron chi connectivity index (χ2n) is 8.21. The van der Waals surface area contributed by atoms with Gasteiger partial charge in [0, 0.05) is 23.9 Å². The molecule has 0 N–H and O–H groups in total. The molecule has 0 saturated heterocycles. The van der Waals surface area contributed by atoms with Crippen LogP contribution in [-0.2, 0) is 6.54 Å². The molecule has 0 atom stereocenters. The van der Waals surface area contributed by atoms with E-state index in [0.717, 1.165) is 40.4 Å². The summed E-state index contributed by atoms with van der Waals surface area (Å²) in [7, 11) is 1.71. The number of methoxy groups -OCH3 is 1. The minimum Gasteiger partial charge on any atom is -0.497 e. The summed E-state index contributed by atoms with van der Waals surface area (Å²) in [5.41, 5.74) is 5.30. The maximum atomic E-state index is 5.46. The first-order chi connectivity index (χ1) is 14.8.